The second kappa shape index (κ2) is 11.4. The Kier molecular flexibility index (Phi) is 7.43. The number of hydrogen-bond donors (Lipinski definition) is 0. The molecule has 1 aliphatic carbocycles. The maximum absolute atomic E-state index is 7.56. The van der Waals surface area contributed by atoms with Crippen LogP contribution in [0.25, 0.3) is 0 Å². The molecule has 0 spiro atoms. The van der Waals surface area contributed by atoms with Crippen molar-refractivity contribution in [1.82, 2.24) is 0 Å². The van der Waals surface area contributed by atoms with Gasteiger partial charge in [-0.15, -0.1) is 0 Å². The number of ether oxygens (including phenoxy) is 1. The molecule has 5 aromatic carbocycles. The van der Waals surface area contributed by atoms with Crippen LogP contribution >= 0.6 is 15.8 Å². The van der Waals surface area contributed by atoms with Gasteiger partial charge in [-0.3, -0.25) is 0 Å². The molecule has 0 radical (unpaired) electrons. The minimum Gasteiger partial charge on any atom is -0.481 e. The highest BCUT2D eigenvalue weighted by Crippen LogP contribution is 2.60. The number of allylic oxidation sites excluding steroid dienone is 2. The summed E-state index contributed by atoms with van der Waals surface area (Å²) in [5.74, 6) is 1.24. The standard InChI is InChI=1S/C40H36OP2/c1-39(2)34-26-16-27-35(42(30-18-8-4-9-19-30)31-20-10-5-11-21-31)38(34)41-40(3)36(39)28-17-29-37(40)43(32-22-12-6-13-23-32)33-24-14-7-15-25-33/h4-29,36H,1-3H3. The van der Waals surface area contributed by atoms with Gasteiger partial charge in [0, 0.05) is 27.5 Å². The van der Waals surface area contributed by atoms with E-state index in [1.165, 1.54) is 37.4 Å². The zero-order valence-corrected chi connectivity index (χ0v) is 26.7. The molecule has 2 unspecified atom stereocenters. The third-order valence-electron chi connectivity index (χ3n) is 8.98. The van der Waals surface area contributed by atoms with Crippen molar-refractivity contribution in [1.29, 1.82) is 0 Å². The molecule has 1 aliphatic heterocycles. The second-order valence-electron chi connectivity index (χ2n) is 12.0. The minimum absolute atomic E-state index is 0.142. The highest BCUT2D eigenvalue weighted by molar-refractivity contribution is 7.80. The van der Waals surface area contributed by atoms with Gasteiger partial charge < -0.3 is 4.74 Å². The first kappa shape index (κ1) is 28.0. The molecule has 0 saturated heterocycles. The van der Waals surface area contributed by atoms with E-state index in [4.69, 9.17) is 4.74 Å². The van der Waals surface area contributed by atoms with Gasteiger partial charge in [0.25, 0.3) is 0 Å². The molecule has 3 heteroatoms. The van der Waals surface area contributed by atoms with Gasteiger partial charge in [0.15, 0.2) is 0 Å². The Morgan fingerprint density at radius 2 is 1.00 bits per heavy atom. The maximum atomic E-state index is 7.56. The second-order valence-corrected chi connectivity index (χ2v) is 16.4. The van der Waals surface area contributed by atoms with Crippen LogP contribution in [0.5, 0.6) is 5.75 Å². The molecule has 0 N–H and O–H groups in total. The average molecular weight is 595 g/mol. The number of para-hydroxylation sites is 1. The van der Waals surface area contributed by atoms with Gasteiger partial charge in [-0.05, 0) is 44.0 Å². The fourth-order valence-electron chi connectivity index (χ4n) is 6.97. The molecule has 7 rings (SSSR count). The molecule has 43 heavy (non-hydrogen) atoms. The fourth-order valence-corrected chi connectivity index (χ4v) is 12.0. The predicted molar refractivity (Wildman–Crippen MR) is 187 cm³/mol. The third kappa shape index (κ3) is 4.90. The van der Waals surface area contributed by atoms with E-state index in [0.717, 1.165) is 5.75 Å². The Balaban J connectivity index is 1.43. The summed E-state index contributed by atoms with van der Waals surface area (Å²) in [6.07, 6.45) is 7.02. The van der Waals surface area contributed by atoms with Crippen LogP contribution in [0, 0.1) is 5.92 Å². The van der Waals surface area contributed by atoms with Gasteiger partial charge in [-0.25, -0.2) is 0 Å². The summed E-state index contributed by atoms with van der Waals surface area (Å²) in [5.41, 5.74) is 0.631. The summed E-state index contributed by atoms with van der Waals surface area (Å²) in [7, 11) is -1.64. The van der Waals surface area contributed by atoms with Gasteiger partial charge in [0.2, 0.25) is 0 Å². The van der Waals surface area contributed by atoms with Crippen molar-refractivity contribution in [3.63, 3.8) is 0 Å². The lowest BCUT2D eigenvalue weighted by atomic mass is 9.63. The molecule has 0 aromatic heterocycles. The molecular formula is C40H36OP2. The van der Waals surface area contributed by atoms with Crippen molar-refractivity contribution >= 4 is 42.4 Å². The number of rotatable bonds is 6. The topological polar surface area (TPSA) is 9.23 Å². The van der Waals surface area contributed by atoms with Crippen molar-refractivity contribution in [2.24, 2.45) is 5.92 Å². The molecule has 212 valence electrons. The predicted octanol–water partition coefficient (Wildman–Crippen LogP) is 8.08. The van der Waals surface area contributed by atoms with Gasteiger partial charge in [0.05, 0.1) is 0 Å². The first-order valence-corrected chi connectivity index (χ1v) is 17.7. The zero-order chi connectivity index (χ0) is 29.4. The lowest BCUT2D eigenvalue weighted by Gasteiger charge is -2.54. The van der Waals surface area contributed by atoms with Crippen LogP contribution in [-0.4, -0.2) is 5.60 Å². The van der Waals surface area contributed by atoms with Crippen molar-refractivity contribution in [3.05, 3.63) is 169 Å². The first-order valence-electron chi connectivity index (χ1n) is 15.0. The van der Waals surface area contributed by atoms with Gasteiger partial charge in [-0.1, -0.05) is 172 Å². The molecule has 5 aromatic rings. The van der Waals surface area contributed by atoms with Crippen LogP contribution in [0.2, 0.25) is 0 Å². The smallest absolute Gasteiger partial charge is 0.139 e. The van der Waals surface area contributed by atoms with Gasteiger partial charge in [0.1, 0.15) is 11.4 Å². The average Bonchev–Trinajstić information content (AvgIpc) is 3.04. The monoisotopic (exact) mass is 594 g/mol. The summed E-state index contributed by atoms with van der Waals surface area (Å²) in [6, 6.07) is 50.8. The highest BCUT2D eigenvalue weighted by atomic mass is 31.1. The summed E-state index contributed by atoms with van der Waals surface area (Å²) >= 11 is 0. The van der Waals surface area contributed by atoms with Crippen LogP contribution in [-0.2, 0) is 5.41 Å². The Hall–Kier alpha value is -3.76. The molecule has 0 amide bonds. The first-order chi connectivity index (χ1) is 21.0. The van der Waals surface area contributed by atoms with E-state index < -0.39 is 21.4 Å². The van der Waals surface area contributed by atoms with E-state index in [1.807, 2.05) is 0 Å². The van der Waals surface area contributed by atoms with Crippen LogP contribution in [0.4, 0.5) is 0 Å². The normalized spacial score (nSPS) is 20.2. The van der Waals surface area contributed by atoms with Crippen molar-refractivity contribution in [3.8, 4) is 5.75 Å². The summed E-state index contributed by atoms with van der Waals surface area (Å²) < 4.78 is 7.56. The largest absolute Gasteiger partial charge is 0.481 e. The van der Waals surface area contributed by atoms with E-state index in [9.17, 15) is 0 Å². The number of hydrogen-bond acceptors (Lipinski definition) is 1. The van der Waals surface area contributed by atoms with E-state index >= 15 is 0 Å². The molecular weight excluding hydrogens is 558 g/mol. The fraction of sp³-hybridized carbons (Fsp3) is 0.150. The molecule has 0 bridgehead atoms. The number of fused-ring (bicyclic) bond motifs is 2. The van der Waals surface area contributed by atoms with Gasteiger partial charge in [-0.2, -0.15) is 0 Å². The highest BCUT2D eigenvalue weighted by Gasteiger charge is 2.55. The van der Waals surface area contributed by atoms with Gasteiger partial charge >= 0.3 is 0 Å². The Morgan fingerprint density at radius 1 is 0.535 bits per heavy atom. The van der Waals surface area contributed by atoms with E-state index in [1.54, 1.807) is 0 Å². The molecule has 2 aliphatic rings. The van der Waals surface area contributed by atoms with Crippen LogP contribution in [0.3, 0.4) is 0 Å². The maximum Gasteiger partial charge on any atom is 0.139 e. The summed E-state index contributed by atoms with van der Waals surface area (Å²) in [4.78, 5) is 0. The van der Waals surface area contributed by atoms with E-state index in [2.05, 4.69) is 179 Å². The van der Waals surface area contributed by atoms with Crippen molar-refractivity contribution in [2.75, 3.05) is 0 Å². The summed E-state index contributed by atoms with van der Waals surface area (Å²) in [6.45, 7) is 7.17. The Bertz CT molecular complexity index is 1700. The zero-order valence-electron chi connectivity index (χ0n) is 24.9. The molecule has 0 fully saturated rings. The van der Waals surface area contributed by atoms with Crippen LogP contribution < -0.4 is 31.3 Å². The minimum atomic E-state index is -0.823. The molecule has 0 saturated carbocycles. The number of benzene rings is 5. The molecule has 1 heterocycles. The SMILES string of the molecule is CC12Oc3c(P(c4ccccc4)c4ccccc4)cccc3C(C)(C)C1C=CC=C2P(c1ccccc1)c1ccccc1. The van der Waals surface area contributed by atoms with E-state index in [0.29, 0.717) is 0 Å². The van der Waals surface area contributed by atoms with E-state index in [-0.39, 0.29) is 11.3 Å². The summed E-state index contributed by atoms with van der Waals surface area (Å²) in [5, 5.41) is 8.02. The Morgan fingerprint density at radius 3 is 1.49 bits per heavy atom. The molecule has 1 nitrogen and oxygen atoms in total. The van der Waals surface area contributed by atoms with Crippen molar-refractivity contribution in [2.45, 2.75) is 31.8 Å². The van der Waals surface area contributed by atoms with Crippen LogP contribution in [0.1, 0.15) is 26.3 Å². The van der Waals surface area contributed by atoms with Crippen molar-refractivity contribution < 1.29 is 4.74 Å². The quantitative estimate of drug-likeness (QED) is 0.181. The lowest BCUT2D eigenvalue weighted by molar-refractivity contribution is 0.0314. The molecule has 2 atom stereocenters. The Labute approximate surface area is 258 Å². The van der Waals surface area contributed by atoms with Crippen LogP contribution in [0.15, 0.2) is 163 Å². The lowest BCUT2D eigenvalue weighted by Crippen LogP contribution is -2.55. The third-order valence-corrected chi connectivity index (χ3v) is 14.1.